The highest BCUT2D eigenvalue weighted by Gasteiger charge is 2.25. The van der Waals surface area contributed by atoms with Crippen LogP contribution in [0, 0.1) is 0 Å². The lowest BCUT2D eigenvalue weighted by Gasteiger charge is -2.21. The molecule has 1 unspecified atom stereocenters. The van der Waals surface area contributed by atoms with Crippen LogP contribution >= 0.6 is 0 Å². The third-order valence-corrected chi connectivity index (χ3v) is 2.49. The lowest BCUT2D eigenvalue weighted by atomic mass is 10.1. The van der Waals surface area contributed by atoms with Crippen molar-refractivity contribution in [3.63, 3.8) is 0 Å². The minimum Gasteiger partial charge on any atom is -0.359 e. The van der Waals surface area contributed by atoms with Gasteiger partial charge in [0.1, 0.15) is 0 Å². The lowest BCUT2D eigenvalue weighted by Crippen LogP contribution is -2.50. The standard InChI is InChI=1S/C10H17N3O3/c1-11-8(14)3-2-6-12-7-4-5-9(15)13-10(7)16/h7,12H,2-6H2,1H3,(H,11,14)(H,13,15,16). The monoisotopic (exact) mass is 227 g/mol. The Morgan fingerprint density at radius 3 is 2.88 bits per heavy atom. The molecule has 1 heterocycles. The van der Waals surface area contributed by atoms with Crippen molar-refractivity contribution in [1.29, 1.82) is 0 Å². The third-order valence-electron chi connectivity index (χ3n) is 2.49. The minimum absolute atomic E-state index is 0.00919. The zero-order valence-corrected chi connectivity index (χ0v) is 9.34. The molecule has 1 rings (SSSR count). The highest BCUT2D eigenvalue weighted by Crippen LogP contribution is 2.04. The van der Waals surface area contributed by atoms with Gasteiger partial charge in [0.25, 0.3) is 0 Å². The molecule has 16 heavy (non-hydrogen) atoms. The maximum absolute atomic E-state index is 11.3. The summed E-state index contributed by atoms with van der Waals surface area (Å²) in [6.07, 6.45) is 2.03. The Kier molecular flexibility index (Phi) is 4.91. The molecule has 1 aliphatic rings. The number of rotatable bonds is 5. The predicted molar refractivity (Wildman–Crippen MR) is 57.5 cm³/mol. The van der Waals surface area contributed by atoms with Crippen LogP contribution in [0.4, 0.5) is 0 Å². The molecular weight excluding hydrogens is 210 g/mol. The van der Waals surface area contributed by atoms with Gasteiger partial charge in [0, 0.05) is 19.9 Å². The fourth-order valence-corrected chi connectivity index (χ4v) is 1.54. The number of piperidine rings is 1. The van der Waals surface area contributed by atoms with Crippen molar-refractivity contribution >= 4 is 17.7 Å². The molecule has 0 saturated carbocycles. The summed E-state index contributed by atoms with van der Waals surface area (Å²) >= 11 is 0. The fraction of sp³-hybridized carbons (Fsp3) is 0.700. The van der Waals surface area contributed by atoms with E-state index in [0.717, 1.165) is 0 Å². The zero-order valence-electron chi connectivity index (χ0n) is 9.34. The van der Waals surface area contributed by atoms with E-state index in [1.165, 1.54) is 0 Å². The summed E-state index contributed by atoms with van der Waals surface area (Å²) < 4.78 is 0. The Bertz CT molecular complexity index is 291. The number of hydrogen-bond acceptors (Lipinski definition) is 4. The topological polar surface area (TPSA) is 87.3 Å². The van der Waals surface area contributed by atoms with Crippen molar-refractivity contribution < 1.29 is 14.4 Å². The second kappa shape index (κ2) is 6.22. The molecule has 3 N–H and O–H groups in total. The quantitative estimate of drug-likeness (QED) is 0.411. The van der Waals surface area contributed by atoms with Crippen molar-refractivity contribution in [2.45, 2.75) is 31.7 Å². The maximum atomic E-state index is 11.3. The molecule has 1 atom stereocenters. The van der Waals surface area contributed by atoms with Crippen LogP contribution in [0.25, 0.3) is 0 Å². The Morgan fingerprint density at radius 1 is 1.50 bits per heavy atom. The van der Waals surface area contributed by atoms with Crippen LogP contribution in [-0.2, 0) is 14.4 Å². The van der Waals surface area contributed by atoms with Crippen molar-refractivity contribution in [2.24, 2.45) is 0 Å². The molecule has 1 fully saturated rings. The van der Waals surface area contributed by atoms with Gasteiger partial charge in [0.15, 0.2) is 0 Å². The van der Waals surface area contributed by atoms with Gasteiger partial charge >= 0.3 is 0 Å². The number of hydrogen-bond donors (Lipinski definition) is 3. The third kappa shape index (κ3) is 3.98. The Morgan fingerprint density at radius 2 is 2.25 bits per heavy atom. The van der Waals surface area contributed by atoms with E-state index in [9.17, 15) is 14.4 Å². The van der Waals surface area contributed by atoms with Gasteiger partial charge < -0.3 is 10.6 Å². The first-order valence-electron chi connectivity index (χ1n) is 5.41. The van der Waals surface area contributed by atoms with Gasteiger partial charge in [-0.25, -0.2) is 0 Å². The predicted octanol–water partition coefficient (Wildman–Crippen LogP) is -1.09. The molecule has 1 saturated heterocycles. The molecule has 90 valence electrons. The Balaban J connectivity index is 2.15. The molecule has 0 aromatic rings. The van der Waals surface area contributed by atoms with Crippen LogP contribution in [-0.4, -0.2) is 37.4 Å². The molecule has 0 spiro atoms. The van der Waals surface area contributed by atoms with E-state index >= 15 is 0 Å². The minimum atomic E-state index is -0.303. The molecule has 3 amide bonds. The summed E-state index contributed by atoms with van der Waals surface area (Å²) in [5, 5.41) is 7.82. The normalized spacial score (nSPS) is 20.4. The van der Waals surface area contributed by atoms with Crippen LogP contribution in [0.2, 0.25) is 0 Å². The lowest BCUT2D eigenvalue weighted by molar-refractivity contribution is -0.134. The van der Waals surface area contributed by atoms with Crippen LogP contribution < -0.4 is 16.0 Å². The highest BCUT2D eigenvalue weighted by molar-refractivity contribution is 6.00. The Labute approximate surface area is 94.2 Å². The molecule has 0 bridgehead atoms. The molecule has 0 aromatic heterocycles. The maximum Gasteiger partial charge on any atom is 0.243 e. The van der Waals surface area contributed by atoms with E-state index in [4.69, 9.17) is 0 Å². The molecule has 0 aliphatic carbocycles. The highest BCUT2D eigenvalue weighted by atomic mass is 16.2. The average molecular weight is 227 g/mol. The van der Waals surface area contributed by atoms with Gasteiger partial charge in [-0.2, -0.15) is 0 Å². The van der Waals surface area contributed by atoms with Gasteiger partial charge in [-0.05, 0) is 19.4 Å². The van der Waals surface area contributed by atoms with E-state index in [0.29, 0.717) is 32.2 Å². The first-order valence-corrected chi connectivity index (χ1v) is 5.41. The number of carbonyl (C=O) groups is 3. The van der Waals surface area contributed by atoms with Crippen molar-refractivity contribution in [3.05, 3.63) is 0 Å². The smallest absolute Gasteiger partial charge is 0.243 e. The number of carbonyl (C=O) groups excluding carboxylic acids is 3. The molecule has 0 aromatic carbocycles. The largest absolute Gasteiger partial charge is 0.359 e. The molecule has 0 radical (unpaired) electrons. The van der Waals surface area contributed by atoms with Crippen LogP contribution in [0.15, 0.2) is 0 Å². The number of imide groups is 1. The summed E-state index contributed by atoms with van der Waals surface area (Å²) in [6.45, 7) is 0.597. The van der Waals surface area contributed by atoms with Crippen molar-refractivity contribution in [2.75, 3.05) is 13.6 Å². The molecule has 6 heteroatoms. The second-order valence-electron chi connectivity index (χ2n) is 3.73. The van der Waals surface area contributed by atoms with Crippen LogP contribution in [0.5, 0.6) is 0 Å². The summed E-state index contributed by atoms with van der Waals surface area (Å²) in [5.41, 5.74) is 0. The molecular formula is C10H17N3O3. The number of nitrogens with one attached hydrogen (secondary N) is 3. The first-order chi connectivity index (χ1) is 7.63. The molecule has 6 nitrogen and oxygen atoms in total. The van der Waals surface area contributed by atoms with Crippen LogP contribution in [0.3, 0.4) is 0 Å². The van der Waals surface area contributed by atoms with E-state index in [1.54, 1.807) is 7.05 Å². The summed E-state index contributed by atoms with van der Waals surface area (Å²) in [6, 6.07) is -0.303. The second-order valence-corrected chi connectivity index (χ2v) is 3.73. The van der Waals surface area contributed by atoms with E-state index in [1.807, 2.05) is 0 Å². The summed E-state index contributed by atoms with van der Waals surface area (Å²) in [5.74, 6) is -0.491. The van der Waals surface area contributed by atoms with Crippen LogP contribution in [0.1, 0.15) is 25.7 Å². The van der Waals surface area contributed by atoms with Gasteiger partial charge in [0.05, 0.1) is 6.04 Å². The SMILES string of the molecule is CNC(=O)CCCNC1CCC(=O)NC1=O. The first kappa shape index (κ1) is 12.6. The zero-order chi connectivity index (χ0) is 12.0. The van der Waals surface area contributed by atoms with Gasteiger partial charge in [-0.1, -0.05) is 0 Å². The van der Waals surface area contributed by atoms with Crippen molar-refractivity contribution in [3.8, 4) is 0 Å². The fourth-order valence-electron chi connectivity index (χ4n) is 1.54. The number of amides is 3. The van der Waals surface area contributed by atoms with E-state index in [-0.39, 0.29) is 23.8 Å². The van der Waals surface area contributed by atoms with E-state index in [2.05, 4.69) is 16.0 Å². The van der Waals surface area contributed by atoms with Gasteiger partial charge in [-0.3, -0.25) is 19.7 Å². The average Bonchev–Trinajstić information content (AvgIpc) is 2.26. The van der Waals surface area contributed by atoms with Crippen molar-refractivity contribution in [1.82, 2.24) is 16.0 Å². The van der Waals surface area contributed by atoms with E-state index < -0.39 is 0 Å². The summed E-state index contributed by atoms with van der Waals surface area (Å²) in [4.78, 5) is 33.1. The molecule has 1 aliphatic heterocycles. The van der Waals surface area contributed by atoms with Gasteiger partial charge in [-0.15, -0.1) is 0 Å². The van der Waals surface area contributed by atoms with Gasteiger partial charge in [0.2, 0.25) is 17.7 Å². The Hall–Kier alpha value is -1.43. The summed E-state index contributed by atoms with van der Waals surface area (Å²) in [7, 11) is 1.59.